The minimum atomic E-state index is -1.08. The molecule has 1 aromatic heterocycles. The molecule has 0 radical (unpaired) electrons. The van der Waals surface area contributed by atoms with Gasteiger partial charge in [-0.15, -0.1) is 10.2 Å². The van der Waals surface area contributed by atoms with Crippen molar-refractivity contribution in [3.63, 3.8) is 0 Å². The van der Waals surface area contributed by atoms with Crippen molar-refractivity contribution in [2.45, 2.75) is 25.2 Å². The van der Waals surface area contributed by atoms with Crippen molar-refractivity contribution in [2.75, 3.05) is 7.11 Å². The van der Waals surface area contributed by atoms with Crippen LogP contribution in [0.4, 0.5) is 0 Å². The SMILES string of the molecule is CCn1c(S/C(=C\c2cc(OC)c(OCc3ccccc3)cc2Br)C(=O)O)nnc1-c1ccc(Cl)cc1. The minimum Gasteiger partial charge on any atom is -0.493 e. The number of carbonyl (C=O) groups is 1. The predicted molar refractivity (Wildman–Crippen MR) is 149 cm³/mol. The normalized spacial score (nSPS) is 11.4. The molecule has 4 rings (SSSR count). The topological polar surface area (TPSA) is 86.5 Å². The number of aliphatic carboxylic acids is 1. The quantitative estimate of drug-likeness (QED) is 0.152. The van der Waals surface area contributed by atoms with Crippen molar-refractivity contribution in [3.8, 4) is 22.9 Å². The Morgan fingerprint density at radius 1 is 1.11 bits per heavy atom. The summed E-state index contributed by atoms with van der Waals surface area (Å²) < 4.78 is 14.0. The Labute approximate surface area is 232 Å². The minimum absolute atomic E-state index is 0.0745. The van der Waals surface area contributed by atoms with Crippen LogP contribution in [0.5, 0.6) is 11.5 Å². The first-order valence-electron chi connectivity index (χ1n) is 11.3. The van der Waals surface area contributed by atoms with E-state index in [1.54, 1.807) is 37.5 Å². The Morgan fingerprint density at radius 2 is 1.84 bits per heavy atom. The van der Waals surface area contributed by atoms with Crippen LogP contribution in [0.25, 0.3) is 17.5 Å². The van der Waals surface area contributed by atoms with Crippen molar-refractivity contribution < 1.29 is 19.4 Å². The molecule has 7 nitrogen and oxygen atoms in total. The summed E-state index contributed by atoms with van der Waals surface area (Å²) in [5.41, 5.74) is 2.48. The van der Waals surface area contributed by atoms with E-state index in [2.05, 4.69) is 26.1 Å². The lowest BCUT2D eigenvalue weighted by molar-refractivity contribution is -0.131. The van der Waals surface area contributed by atoms with Gasteiger partial charge in [-0.25, -0.2) is 4.79 Å². The van der Waals surface area contributed by atoms with Gasteiger partial charge in [-0.3, -0.25) is 0 Å². The molecule has 37 heavy (non-hydrogen) atoms. The molecule has 0 atom stereocenters. The van der Waals surface area contributed by atoms with Crippen LogP contribution >= 0.6 is 39.3 Å². The van der Waals surface area contributed by atoms with Crippen LogP contribution in [-0.4, -0.2) is 33.0 Å². The fourth-order valence-electron chi connectivity index (χ4n) is 3.51. The maximum absolute atomic E-state index is 12.2. The third-order valence-electron chi connectivity index (χ3n) is 5.35. The van der Waals surface area contributed by atoms with Crippen molar-refractivity contribution in [2.24, 2.45) is 0 Å². The number of hydrogen-bond acceptors (Lipinski definition) is 6. The van der Waals surface area contributed by atoms with Crippen LogP contribution < -0.4 is 9.47 Å². The maximum atomic E-state index is 12.2. The molecule has 0 aliphatic carbocycles. The third-order valence-corrected chi connectivity index (χ3v) is 7.29. The van der Waals surface area contributed by atoms with Crippen LogP contribution in [0, 0.1) is 0 Å². The lowest BCUT2D eigenvalue weighted by Gasteiger charge is -2.13. The van der Waals surface area contributed by atoms with E-state index in [-0.39, 0.29) is 4.91 Å². The number of nitrogens with zero attached hydrogens (tertiary/aromatic N) is 3. The van der Waals surface area contributed by atoms with Gasteiger partial charge in [-0.1, -0.05) is 57.9 Å². The van der Waals surface area contributed by atoms with E-state index in [0.717, 1.165) is 22.9 Å². The highest BCUT2D eigenvalue weighted by molar-refractivity contribution is 9.10. The number of aromatic nitrogens is 3. The van der Waals surface area contributed by atoms with Crippen molar-refractivity contribution >= 4 is 51.3 Å². The van der Waals surface area contributed by atoms with Crippen LogP contribution in [0.2, 0.25) is 5.02 Å². The summed E-state index contributed by atoms with van der Waals surface area (Å²) in [6, 6.07) is 20.6. The zero-order valence-corrected chi connectivity index (χ0v) is 23.2. The maximum Gasteiger partial charge on any atom is 0.342 e. The van der Waals surface area contributed by atoms with E-state index in [9.17, 15) is 9.90 Å². The molecule has 1 heterocycles. The number of ether oxygens (including phenoxy) is 2. The molecule has 1 N–H and O–H groups in total. The molecule has 10 heteroatoms. The molecule has 0 unspecified atom stereocenters. The zero-order chi connectivity index (χ0) is 26.4. The highest BCUT2D eigenvalue weighted by Gasteiger charge is 2.19. The van der Waals surface area contributed by atoms with Gasteiger partial charge in [0.15, 0.2) is 22.5 Å². The summed E-state index contributed by atoms with van der Waals surface area (Å²) in [6.07, 6.45) is 1.57. The monoisotopic (exact) mass is 599 g/mol. The molecule has 0 fully saturated rings. The summed E-state index contributed by atoms with van der Waals surface area (Å²) >= 11 is 10.6. The van der Waals surface area contributed by atoms with Gasteiger partial charge in [0.05, 0.1) is 7.11 Å². The molecule has 0 saturated carbocycles. The number of methoxy groups -OCH3 is 1. The van der Waals surface area contributed by atoms with E-state index in [1.165, 1.54) is 0 Å². The summed E-state index contributed by atoms with van der Waals surface area (Å²) in [5, 5.41) is 19.6. The van der Waals surface area contributed by atoms with Crippen LogP contribution in [0.3, 0.4) is 0 Å². The molecule has 190 valence electrons. The Kier molecular flexibility index (Phi) is 8.91. The van der Waals surface area contributed by atoms with E-state index >= 15 is 0 Å². The van der Waals surface area contributed by atoms with Crippen molar-refractivity contribution in [1.29, 1.82) is 0 Å². The van der Waals surface area contributed by atoms with Crippen LogP contribution in [-0.2, 0) is 17.9 Å². The molecule has 4 aromatic rings. The second kappa shape index (κ2) is 12.3. The number of thioether (sulfide) groups is 1. The molecule has 0 saturated heterocycles. The smallest absolute Gasteiger partial charge is 0.342 e. The molecular weight excluding hydrogens is 578 g/mol. The largest absolute Gasteiger partial charge is 0.493 e. The zero-order valence-electron chi connectivity index (χ0n) is 20.0. The first-order valence-corrected chi connectivity index (χ1v) is 13.2. The van der Waals surface area contributed by atoms with Gasteiger partial charge in [0, 0.05) is 21.6 Å². The Bertz CT molecular complexity index is 1430. The van der Waals surface area contributed by atoms with Gasteiger partial charge < -0.3 is 19.1 Å². The summed E-state index contributed by atoms with van der Waals surface area (Å²) in [5.74, 6) is 0.577. The lowest BCUT2D eigenvalue weighted by Crippen LogP contribution is -2.03. The molecule has 0 bridgehead atoms. The lowest BCUT2D eigenvalue weighted by atomic mass is 10.2. The number of carboxylic acid groups (broad SMARTS) is 1. The van der Waals surface area contributed by atoms with Gasteiger partial charge in [-0.05, 0) is 72.3 Å². The summed E-state index contributed by atoms with van der Waals surface area (Å²) in [6.45, 7) is 2.88. The molecule has 0 amide bonds. The number of rotatable bonds is 10. The van der Waals surface area contributed by atoms with Gasteiger partial charge >= 0.3 is 5.97 Å². The fraction of sp³-hybridized carbons (Fsp3) is 0.148. The van der Waals surface area contributed by atoms with Gasteiger partial charge in [0.25, 0.3) is 0 Å². The van der Waals surface area contributed by atoms with Gasteiger partial charge in [-0.2, -0.15) is 0 Å². The Balaban J connectivity index is 1.62. The van der Waals surface area contributed by atoms with E-state index in [0.29, 0.717) is 50.7 Å². The summed E-state index contributed by atoms with van der Waals surface area (Å²) in [4.78, 5) is 12.3. The number of benzene rings is 3. The Hall–Kier alpha value is -3.27. The Morgan fingerprint density at radius 3 is 2.49 bits per heavy atom. The van der Waals surface area contributed by atoms with Crippen molar-refractivity contribution in [1.82, 2.24) is 14.8 Å². The number of hydrogen-bond donors (Lipinski definition) is 1. The second-order valence-corrected chi connectivity index (χ2v) is 10.1. The molecule has 0 aliphatic heterocycles. The molecule has 0 aliphatic rings. The highest BCUT2D eigenvalue weighted by Crippen LogP contribution is 2.37. The van der Waals surface area contributed by atoms with Crippen LogP contribution in [0.1, 0.15) is 18.1 Å². The highest BCUT2D eigenvalue weighted by atomic mass is 79.9. The first kappa shape index (κ1) is 26.8. The van der Waals surface area contributed by atoms with Gasteiger partial charge in [0.2, 0.25) is 0 Å². The third kappa shape index (κ3) is 6.54. The standard InChI is InChI=1S/C27H23BrClN3O4S/c1-3-32-25(18-9-11-20(29)12-10-18)30-31-27(32)37-24(26(33)34)14-19-13-22(35-2)23(15-21(19)28)36-16-17-7-5-4-6-8-17/h4-15H,3,16H2,1-2H3,(H,33,34)/b24-14-. The molecule has 3 aromatic carbocycles. The van der Waals surface area contributed by atoms with E-state index < -0.39 is 5.97 Å². The van der Waals surface area contributed by atoms with E-state index in [4.69, 9.17) is 21.1 Å². The second-order valence-electron chi connectivity index (χ2n) is 7.77. The number of halogens is 2. The van der Waals surface area contributed by atoms with E-state index in [1.807, 2.05) is 54.0 Å². The molecule has 0 spiro atoms. The van der Waals surface area contributed by atoms with Crippen LogP contribution in [0.15, 0.2) is 81.3 Å². The molecular formula is C27H23BrClN3O4S. The summed E-state index contributed by atoms with van der Waals surface area (Å²) in [7, 11) is 1.54. The predicted octanol–water partition coefficient (Wildman–Crippen LogP) is 7.19. The first-order chi connectivity index (χ1) is 17.9. The van der Waals surface area contributed by atoms with Crippen molar-refractivity contribution in [3.05, 3.63) is 92.3 Å². The number of carboxylic acids is 1. The average Bonchev–Trinajstić information content (AvgIpc) is 3.31. The fourth-order valence-corrected chi connectivity index (χ4v) is 4.95. The van der Waals surface area contributed by atoms with Gasteiger partial charge in [0.1, 0.15) is 11.5 Å². The average molecular weight is 601 g/mol.